The zero-order chi connectivity index (χ0) is 13.8. The predicted molar refractivity (Wildman–Crippen MR) is 71.7 cm³/mol. The molecule has 0 aliphatic heterocycles. The Morgan fingerprint density at radius 1 is 1.37 bits per heavy atom. The molecule has 1 heterocycles. The quantitative estimate of drug-likeness (QED) is 0.845. The first-order chi connectivity index (χ1) is 9.08. The average molecular weight is 328 g/mol. The van der Waals surface area contributed by atoms with Crippen LogP contribution in [0.5, 0.6) is 11.8 Å². The van der Waals surface area contributed by atoms with E-state index in [1.165, 1.54) is 25.3 Å². The van der Waals surface area contributed by atoms with Crippen molar-refractivity contribution >= 4 is 21.7 Å². The summed E-state index contributed by atoms with van der Waals surface area (Å²) in [6, 6.07) is 5.63. The van der Waals surface area contributed by atoms with Gasteiger partial charge in [-0.15, -0.1) is 0 Å². The summed E-state index contributed by atoms with van der Waals surface area (Å²) >= 11 is 3.23. The van der Waals surface area contributed by atoms with Crippen LogP contribution in [-0.2, 0) is 6.54 Å². The Balaban J connectivity index is 2.14. The Bertz CT molecular complexity index is 595. The van der Waals surface area contributed by atoms with Gasteiger partial charge >= 0.3 is 6.01 Å². The molecule has 1 aromatic carbocycles. The minimum absolute atomic E-state index is 0.0222. The lowest BCUT2D eigenvalue weighted by atomic mass is 10.2. The predicted octanol–water partition coefficient (Wildman–Crippen LogP) is 2.70. The molecule has 0 saturated carbocycles. The summed E-state index contributed by atoms with van der Waals surface area (Å²) in [6.07, 6.45) is 0. The first kappa shape index (κ1) is 13.5. The summed E-state index contributed by atoms with van der Waals surface area (Å²) in [4.78, 5) is 8.04. The van der Waals surface area contributed by atoms with Crippen molar-refractivity contribution in [3.05, 3.63) is 40.2 Å². The summed E-state index contributed by atoms with van der Waals surface area (Å²) in [5.41, 5.74) is 0.439. The summed E-state index contributed by atoms with van der Waals surface area (Å²) < 4.78 is 18.6. The van der Waals surface area contributed by atoms with Crippen LogP contribution in [0.3, 0.4) is 0 Å². The van der Waals surface area contributed by atoms with Crippen molar-refractivity contribution in [2.45, 2.75) is 6.54 Å². The summed E-state index contributed by atoms with van der Waals surface area (Å²) in [7, 11) is 1.46. The number of phenolic OH excluding ortho intramolecular Hbond substituents is 1. The number of halogens is 2. The first-order valence-corrected chi connectivity index (χ1v) is 6.17. The van der Waals surface area contributed by atoms with E-state index in [-0.39, 0.29) is 18.3 Å². The Morgan fingerprint density at radius 2 is 2.16 bits per heavy atom. The molecule has 0 bridgehead atoms. The largest absolute Gasteiger partial charge is 0.508 e. The molecule has 1 aromatic heterocycles. The monoisotopic (exact) mass is 327 g/mol. The number of anilines is 1. The number of rotatable bonds is 4. The van der Waals surface area contributed by atoms with Crippen molar-refractivity contribution < 1.29 is 14.2 Å². The van der Waals surface area contributed by atoms with Crippen LogP contribution in [0.1, 0.15) is 5.56 Å². The minimum Gasteiger partial charge on any atom is -0.508 e. The highest BCUT2D eigenvalue weighted by molar-refractivity contribution is 9.10. The Labute approximate surface area is 117 Å². The van der Waals surface area contributed by atoms with Crippen LogP contribution < -0.4 is 10.1 Å². The second kappa shape index (κ2) is 5.83. The molecule has 100 valence electrons. The van der Waals surface area contributed by atoms with E-state index in [4.69, 9.17) is 4.74 Å². The molecule has 2 N–H and O–H groups in total. The highest BCUT2D eigenvalue weighted by Crippen LogP contribution is 2.21. The molecule has 0 aliphatic carbocycles. The molecule has 5 nitrogen and oxygen atoms in total. The minimum atomic E-state index is -0.406. The highest BCUT2D eigenvalue weighted by atomic mass is 79.9. The molecule has 0 amide bonds. The van der Waals surface area contributed by atoms with E-state index >= 15 is 0 Å². The first-order valence-electron chi connectivity index (χ1n) is 5.38. The number of ether oxygens (including phenoxy) is 1. The van der Waals surface area contributed by atoms with Gasteiger partial charge in [0, 0.05) is 18.2 Å². The molecule has 0 spiro atoms. The van der Waals surface area contributed by atoms with Crippen molar-refractivity contribution in [1.29, 1.82) is 0 Å². The molecule has 0 saturated heterocycles. The molecule has 0 aliphatic rings. The van der Waals surface area contributed by atoms with Gasteiger partial charge in [0.05, 0.1) is 7.11 Å². The second-order valence-electron chi connectivity index (χ2n) is 3.69. The number of aromatic hydroxyl groups is 1. The number of nitrogens with zero attached hydrogens (tertiary/aromatic N) is 2. The smallest absolute Gasteiger partial charge is 0.319 e. The van der Waals surface area contributed by atoms with E-state index in [2.05, 4.69) is 31.2 Å². The van der Waals surface area contributed by atoms with Crippen LogP contribution in [0, 0.1) is 5.82 Å². The van der Waals surface area contributed by atoms with Crippen molar-refractivity contribution in [1.82, 2.24) is 9.97 Å². The number of nitrogens with one attached hydrogen (secondary N) is 1. The average Bonchev–Trinajstić information content (AvgIpc) is 2.39. The van der Waals surface area contributed by atoms with Gasteiger partial charge in [0.1, 0.15) is 22.0 Å². The molecule has 0 atom stereocenters. The van der Waals surface area contributed by atoms with Gasteiger partial charge in [0.25, 0.3) is 0 Å². The molecular formula is C12H11BrFN3O2. The zero-order valence-corrected chi connectivity index (χ0v) is 11.6. The van der Waals surface area contributed by atoms with Gasteiger partial charge in [0.15, 0.2) is 0 Å². The Hall–Kier alpha value is -1.89. The molecule has 0 fully saturated rings. The van der Waals surface area contributed by atoms with Crippen molar-refractivity contribution in [3.63, 3.8) is 0 Å². The number of hydrogen-bond acceptors (Lipinski definition) is 5. The molecule has 0 unspecified atom stereocenters. The molecule has 2 aromatic rings. The molecule has 2 rings (SSSR count). The van der Waals surface area contributed by atoms with Gasteiger partial charge in [-0.05, 0) is 34.1 Å². The topological polar surface area (TPSA) is 67.3 Å². The maximum Gasteiger partial charge on any atom is 0.319 e. The van der Waals surface area contributed by atoms with Gasteiger partial charge in [-0.1, -0.05) is 0 Å². The van der Waals surface area contributed by atoms with E-state index in [9.17, 15) is 9.50 Å². The van der Waals surface area contributed by atoms with E-state index in [0.717, 1.165) is 0 Å². The van der Waals surface area contributed by atoms with Crippen LogP contribution in [0.4, 0.5) is 10.2 Å². The normalized spacial score (nSPS) is 10.3. The third-order valence-corrected chi connectivity index (χ3v) is 2.76. The maximum absolute atomic E-state index is 13.1. The maximum atomic E-state index is 13.1. The Morgan fingerprint density at radius 3 is 2.89 bits per heavy atom. The fourth-order valence-electron chi connectivity index (χ4n) is 1.46. The lowest BCUT2D eigenvalue weighted by Gasteiger charge is -2.08. The number of benzene rings is 1. The number of hydrogen-bond donors (Lipinski definition) is 2. The standard InChI is InChI=1S/C12H11BrFN3O2/c1-19-12-16-10(13)5-11(17-12)15-6-7-4-8(14)2-3-9(7)18/h2-5,18H,6H2,1H3,(H,15,16,17). The summed E-state index contributed by atoms with van der Waals surface area (Å²) in [6.45, 7) is 0.232. The van der Waals surface area contributed by atoms with Gasteiger partial charge in [0.2, 0.25) is 0 Å². The SMILES string of the molecule is COc1nc(Br)cc(NCc2cc(F)ccc2O)n1. The fourth-order valence-corrected chi connectivity index (χ4v) is 1.83. The lowest BCUT2D eigenvalue weighted by molar-refractivity contribution is 0.379. The van der Waals surface area contributed by atoms with E-state index < -0.39 is 5.82 Å². The van der Waals surface area contributed by atoms with E-state index in [1.807, 2.05) is 0 Å². The van der Waals surface area contributed by atoms with Crippen molar-refractivity contribution in [2.24, 2.45) is 0 Å². The third-order valence-electron chi connectivity index (χ3n) is 2.36. The molecule has 0 radical (unpaired) electrons. The van der Waals surface area contributed by atoms with Crippen LogP contribution in [0.15, 0.2) is 28.9 Å². The zero-order valence-electron chi connectivity index (χ0n) is 10.0. The van der Waals surface area contributed by atoms with Crippen LogP contribution in [0.2, 0.25) is 0 Å². The second-order valence-corrected chi connectivity index (χ2v) is 4.50. The molecule has 19 heavy (non-hydrogen) atoms. The van der Waals surface area contributed by atoms with Crippen LogP contribution in [-0.4, -0.2) is 22.2 Å². The lowest BCUT2D eigenvalue weighted by Crippen LogP contribution is -2.04. The van der Waals surface area contributed by atoms with Crippen molar-refractivity contribution in [2.75, 3.05) is 12.4 Å². The van der Waals surface area contributed by atoms with Gasteiger partial charge < -0.3 is 15.2 Å². The third kappa shape index (κ3) is 3.54. The van der Waals surface area contributed by atoms with Gasteiger partial charge in [-0.25, -0.2) is 4.39 Å². The Kier molecular flexibility index (Phi) is 4.16. The summed E-state index contributed by atoms with van der Waals surface area (Å²) in [5, 5.41) is 12.6. The van der Waals surface area contributed by atoms with E-state index in [0.29, 0.717) is 16.0 Å². The fraction of sp³-hybridized carbons (Fsp3) is 0.167. The summed E-state index contributed by atoms with van der Waals surface area (Å²) in [5.74, 6) is 0.118. The number of phenols is 1. The van der Waals surface area contributed by atoms with Crippen LogP contribution in [0.25, 0.3) is 0 Å². The molecular weight excluding hydrogens is 317 g/mol. The highest BCUT2D eigenvalue weighted by Gasteiger charge is 2.06. The number of methoxy groups -OCH3 is 1. The van der Waals surface area contributed by atoms with Gasteiger partial charge in [-0.2, -0.15) is 9.97 Å². The number of aromatic nitrogens is 2. The van der Waals surface area contributed by atoms with E-state index in [1.54, 1.807) is 6.07 Å². The van der Waals surface area contributed by atoms with Crippen LogP contribution >= 0.6 is 15.9 Å². The van der Waals surface area contributed by atoms with Crippen molar-refractivity contribution in [3.8, 4) is 11.8 Å². The molecule has 7 heteroatoms. The van der Waals surface area contributed by atoms with Gasteiger partial charge in [-0.3, -0.25) is 0 Å².